The number of Topliss-reactive ketones (excluding diaryl/α,β-unsaturated/α-hetero) is 1. The summed E-state index contributed by atoms with van der Waals surface area (Å²) in [4.78, 5) is 32.9. The highest BCUT2D eigenvalue weighted by atomic mass is 32.1. The number of aromatic nitrogens is 1. The lowest BCUT2D eigenvalue weighted by Crippen LogP contribution is -2.29. The fourth-order valence-electron chi connectivity index (χ4n) is 4.34. The van der Waals surface area contributed by atoms with Gasteiger partial charge in [0, 0.05) is 5.56 Å². The van der Waals surface area contributed by atoms with Crippen LogP contribution >= 0.6 is 11.3 Å². The van der Waals surface area contributed by atoms with E-state index in [1.165, 1.54) is 16.2 Å². The Balaban J connectivity index is 1.64. The van der Waals surface area contributed by atoms with Crippen LogP contribution in [0.3, 0.4) is 0 Å². The molecular formula is C29H26N2O5S. The van der Waals surface area contributed by atoms with E-state index < -0.39 is 17.7 Å². The summed E-state index contributed by atoms with van der Waals surface area (Å²) >= 11 is 1.30. The first-order chi connectivity index (χ1) is 18.0. The number of fused-ring (bicyclic) bond motifs is 1. The Labute approximate surface area is 218 Å². The number of aliphatic hydroxyl groups is 1. The van der Waals surface area contributed by atoms with E-state index in [2.05, 4.69) is 4.98 Å². The molecule has 0 aliphatic carbocycles. The Morgan fingerprint density at radius 1 is 0.973 bits per heavy atom. The van der Waals surface area contributed by atoms with Crippen molar-refractivity contribution in [2.75, 3.05) is 18.1 Å². The molecule has 0 saturated carbocycles. The second kappa shape index (κ2) is 10.4. The van der Waals surface area contributed by atoms with Gasteiger partial charge in [-0.15, -0.1) is 0 Å². The summed E-state index contributed by atoms with van der Waals surface area (Å²) in [6, 6.07) is 20.8. The largest absolute Gasteiger partial charge is 0.507 e. The van der Waals surface area contributed by atoms with Crippen LogP contribution in [0.4, 0.5) is 5.13 Å². The second-order valence-corrected chi connectivity index (χ2v) is 9.52. The Morgan fingerprint density at radius 3 is 2.51 bits per heavy atom. The van der Waals surface area contributed by atoms with Crippen LogP contribution in [-0.2, 0) is 9.59 Å². The standard InChI is InChI=1S/C29H26N2O5S/c1-3-15-36-20-12-8-11-19(16-20)26(32)24-25(18-9-6-5-7-10-18)31(28(34)27(24)33)29-30-22-14-13-21(35-4-2)17-23(22)37-29/h5-14,16-17,25,32H,3-4,15H2,1-2H3/b26-24+. The molecule has 0 spiro atoms. The molecule has 0 radical (unpaired) electrons. The van der Waals surface area contributed by atoms with Crippen LogP contribution in [0.1, 0.15) is 37.4 Å². The van der Waals surface area contributed by atoms with E-state index in [9.17, 15) is 14.7 Å². The molecule has 5 rings (SSSR count). The number of ketones is 1. The molecule has 3 aromatic carbocycles. The number of carbonyl (C=O) groups excluding carboxylic acids is 2. The highest BCUT2D eigenvalue weighted by Crippen LogP contribution is 2.44. The first kappa shape index (κ1) is 24.5. The molecule has 2 heterocycles. The Hall–Kier alpha value is -4.17. The predicted molar refractivity (Wildman–Crippen MR) is 144 cm³/mol. The van der Waals surface area contributed by atoms with Crippen LogP contribution in [0.15, 0.2) is 78.4 Å². The number of hydrogen-bond donors (Lipinski definition) is 1. The van der Waals surface area contributed by atoms with Gasteiger partial charge in [-0.05, 0) is 49.2 Å². The Bertz CT molecular complexity index is 1490. The predicted octanol–water partition coefficient (Wildman–Crippen LogP) is 6.11. The van der Waals surface area contributed by atoms with Gasteiger partial charge in [-0.25, -0.2) is 4.98 Å². The van der Waals surface area contributed by atoms with Gasteiger partial charge in [0.15, 0.2) is 5.13 Å². The molecule has 8 heteroatoms. The van der Waals surface area contributed by atoms with Crippen LogP contribution in [0.5, 0.6) is 11.5 Å². The molecule has 0 bridgehead atoms. The molecule has 1 unspecified atom stereocenters. The Kier molecular flexibility index (Phi) is 6.92. The van der Waals surface area contributed by atoms with Gasteiger partial charge in [-0.1, -0.05) is 60.7 Å². The molecule has 1 fully saturated rings. The number of anilines is 1. The minimum absolute atomic E-state index is 0.0121. The lowest BCUT2D eigenvalue weighted by Gasteiger charge is -2.23. The maximum Gasteiger partial charge on any atom is 0.301 e. The summed E-state index contributed by atoms with van der Waals surface area (Å²) in [7, 11) is 0. The SMILES string of the molecule is CCCOc1cccc(/C(O)=C2\C(=O)C(=O)N(c3nc4ccc(OCC)cc4s3)C2c2ccccc2)c1. The number of ether oxygens (including phenoxy) is 2. The third-order valence-electron chi connectivity index (χ3n) is 6.01. The summed E-state index contributed by atoms with van der Waals surface area (Å²) in [6.45, 7) is 4.98. The van der Waals surface area contributed by atoms with Crippen molar-refractivity contribution in [3.63, 3.8) is 0 Å². The fourth-order valence-corrected chi connectivity index (χ4v) is 5.36. The average molecular weight is 515 g/mol. The summed E-state index contributed by atoms with van der Waals surface area (Å²) in [6.07, 6.45) is 0.837. The van der Waals surface area contributed by atoms with Crippen molar-refractivity contribution in [1.29, 1.82) is 0 Å². The lowest BCUT2D eigenvalue weighted by molar-refractivity contribution is -0.132. The van der Waals surface area contributed by atoms with Gasteiger partial charge in [0.25, 0.3) is 5.78 Å². The van der Waals surface area contributed by atoms with Gasteiger partial charge >= 0.3 is 5.91 Å². The van der Waals surface area contributed by atoms with Crippen molar-refractivity contribution in [3.8, 4) is 11.5 Å². The van der Waals surface area contributed by atoms with E-state index in [-0.39, 0.29) is 11.3 Å². The van der Waals surface area contributed by atoms with Crippen molar-refractivity contribution >= 4 is 44.1 Å². The topological polar surface area (TPSA) is 89.0 Å². The third-order valence-corrected chi connectivity index (χ3v) is 7.02. The zero-order valence-electron chi connectivity index (χ0n) is 20.5. The van der Waals surface area contributed by atoms with Crippen LogP contribution in [0.25, 0.3) is 16.0 Å². The molecule has 1 N–H and O–H groups in total. The van der Waals surface area contributed by atoms with Gasteiger partial charge < -0.3 is 14.6 Å². The number of hydrogen-bond acceptors (Lipinski definition) is 7. The number of amides is 1. The van der Waals surface area contributed by atoms with E-state index in [1.807, 2.05) is 62.4 Å². The van der Waals surface area contributed by atoms with Crippen molar-refractivity contribution in [2.45, 2.75) is 26.3 Å². The molecule has 4 aromatic rings. The minimum Gasteiger partial charge on any atom is -0.507 e. The van der Waals surface area contributed by atoms with E-state index >= 15 is 0 Å². The van der Waals surface area contributed by atoms with Crippen molar-refractivity contribution < 1.29 is 24.2 Å². The van der Waals surface area contributed by atoms with Gasteiger partial charge in [-0.2, -0.15) is 0 Å². The molecule has 1 aliphatic heterocycles. The van der Waals surface area contributed by atoms with Crippen molar-refractivity contribution in [1.82, 2.24) is 4.98 Å². The van der Waals surface area contributed by atoms with Crippen LogP contribution < -0.4 is 14.4 Å². The minimum atomic E-state index is -0.839. The maximum atomic E-state index is 13.4. The van der Waals surface area contributed by atoms with E-state index in [1.54, 1.807) is 24.3 Å². The summed E-state index contributed by atoms with van der Waals surface area (Å²) in [5.41, 5.74) is 1.80. The molecule has 1 aliphatic rings. The molecule has 1 amide bonds. The molecule has 1 saturated heterocycles. The second-order valence-electron chi connectivity index (χ2n) is 8.52. The molecular weight excluding hydrogens is 488 g/mol. The first-order valence-corrected chi connectivity index (χ1v) is 13.0. The first-order valence-electron chi connectivity index (χ1n) is 12.1. The summed E-state index contributed by atoms with van der Waals surface area (Å²) in [5.74, 6) is -0.473. The number of aliphatic hydroxyl groups excluding tert-OH is 1. The number of nitrogens with zero attached hydrogens (tertiary/aromatic N) is 2. The number of benzene rings is 3. The lowest BCUT2D eigenvalue weighted by atomic mass is 9.95. The van der Waals surface area contributed by atoms with Gasteiger partial charge in [0.2, 0.25) is 0 Å². The normalized spacial score (nSPS) is 16.9. The Morgan fingerprint density at radius 2 is 1.76 bits per heavy atom. The smallest absolute Gasteiger partial charge is 0.301 e. The van der Waals surface area contributed by atoms with Gasteiger partial charge in [0.1, 0.15) is 17.3 Å². The molecule has 188 valence electrons. The monoisotopic (exact) mass is 514 g/mol. The highest BCUT2D eigenvalue weighted by Gasteiger charge is 2.48. The quantitative estimate of drug-likeness (QED) is 0.173. The highest BCUT2D eigenvalue weighted by molar-refractivity contribution is 7.22. The fraction of sp³-hybridized carbons (Fsp3) is 0.207. The van der Waals surface area contributed by atoms with E-state index in [4.69, 9.17) is 9.47 Å². The van der Waals surface area contributed by atoms with Gasteiger partial charge in [0.05, 0.1) is 35.0 Å². The van der Waals surface area contributed by atoms with E-state index in [0.717, 1.165) is 11.1 Å². The zero-order chi connectivity index (χ0) is 25.9. The van der Waals surface area contributed by atoms with Gasteiger partial charge in [-0.3, -0.25) is 14.5 Å². The van der Waals surface area contributed by atoms with Crippen LogP contribution in [-0.4, -0.2) is 35.0 Å². The molecule has 1 aromatic heterocycles. The van der Waals surface area contributed by atoms with Crippen molar-refractivity contribution in [3.05, 3.63) is 89.5 Å². The molecule has 1 atom stereocenters. The summed E-state index contributed by atoms with van der Waals surface area (Å²) in [5, 5.41) is 11.8. The number of rotatable bonds is 8. The summed E-state index contributed by atoms with van der Waals surface area (Å²) < 4.78 is 12.1. The number of carbonyl (C=O) groups is 2. The average Bonchev–Trinajstić information content (AvgIpc) is 3.45. The maximum absolute atomic E-state index is 13.4. The zero-order valence-corrected chi connectivity index (χ0v) is 21.3. The van der Waals surface area contributed by atoms with Crippen molar-refractivity contribution in [2.24, 2.45) is 0 Å². The van der Waals surface area contributed by atoms with Crippen LogP contribution in [0, 0.1) is 0 Å². The van der Waals surface area contributed by atoms with E-state index in [0.29, 0.717) is 46.5 Å². The third kappa shape index (κ3) is 4.68. The number of thiazole rings is 1. The molecule has 37 heavy (non-hydrogen) atoms. The van der Waals surface area contributed by atoms with Crippen LogP contribution in [0.2, 0.25) is 0 Å². The molecule has 7 nitrogen and oxygen atoms in total.